The molecule has 3 rings (SSSR count). The molecule has 1 aliphatic carbocycles. The Bertz CT molecular complexity index is 336. The molecule has 14 heavy (non-hydrogen) atoms. The fraction of sp³-hybridized carbons (Fsp3) is 0.455. The molecule has 1 saturated heterocycles. The Morgan fingerprint density at radius 2 is 1.86 bits per heavy atom. The summed E-state index contributed by atoms with van der Waals surface area (Å²) in [5.74, 6) is 5.79. The van der Waals surface area contributed by atoms with Crippen molar-refractivity contribution >= 4 is 0 Å². The molecule has 0 saturated carbocycles. The monoisotopic (exact) mass is 189 g/mol. The van der Waals surface area contributed by atoms with E-state index in [1.807, 2.05) is 5.01 Å². The van der Waals surface area contributed by atoms with Crippen LogP contribution in [0.3, 0.4) is 0 Å². The number of nitrogens with one attached hydrogen (secondary N) is 1. The third kappa shape index (κ3) is 1.17. The average molecular weight is 189 g/mol. The second-order valence-corrected chi connectivity index (χ2v) is 4.48. The van der Waals surface area contributed by atoms with E-state index in [1.54, 1.807) is 0 Å². The van der Waals surface area contributed by atoms with Crippen LogP contribution >= 0.6 is 0 Å². The molecule has 1 aliphatic heterocycles. The third-order valence-electron chi connectivity index (χ3n) is 3.34. The molecule has 1 heterocycles. The maximum Gasteiger partial charge on any atom is 0.0624 e. The Hall–Kier alpha value is -0.900. The first-order chi connectivity index (χ1) is 6.77. The quantitative estimate of drug-likeness (QED) is 0.575. The molecule has 1 fully saturated rings. The van der Waals surface area contributed by atoms with Gasteiger partial charge in [0.15, 0.2) is 0 Å². The SMILES string of the molecule is NN1CNC2(Cc3ccccc3C2)C1. The maximum absolute atomic E-state index is 5.79. The summed E-state index contributed by atoms with van der Waals surface area (Å²) in [5, 5.41) is 5.40. The van der Waals surface area contributed by atoms with Gasteiger partial charge in [0.1, 0.15) is 0 Å². The van der Waals surface area contributed by atoms with E-state index >= 15 is 0 Å². The molecule has 1 aromatic carbocycles. The Morgan fingerprint density at radius 1 is 1.21 bits per heavy atom. The number of hydrogen-bond donors (Lipinski definition) is 2. The Morgan fingerprint density at radius 3 is 2.36 bits per heavy atom. The smallest absolute Gasteiger partial charge is 0.0624 e. The first kappa shape index (κ1) is 8.41. The van der Waals surface area contributed by atoms with E-state index in [2.05, 4.69) is 29.6 Å². The van der Waals surface area contributed by atoms with Crippen molar-refractivity contribution in [3.8, 4) is 0 Å². The molecule has 0 atom stereocenters. The minimum absolute atomic E-state index is 0.221. The van der Waals surface area contributed by atoms with E-state index in [0.717, 1.165) is 26.1 Å². The zero-order valence-corrected chi connectivity index (χ0v) is 8.16. The van der Waals surface area contributed by atoms with Crippen LogP contribution in [0.1, 0.15) is 11.1 Å². The van der Waals surface area contributed by atoms with Crippen molar-refractivity contribution in [2.45, 2.75) is 18.4 Å². The topological polar surface area (TPSA) is 41.3 Å². The molecule has 3 nitrogen and oxygen atoms in total. The van der Waals surface area contributed by atoms with Crippen molar-refractivity contribution in [1.82, 2.24) is 10.3 Å². The van der Waals surface area contributed by atoms with Crippen LogP contribution in [0, 0.1) is 0 Å². The first-order valence-electron chi connectivity index (χ1n) is 5.09. The van der Waals surface area contributed by atoms with Gasteiger partial charge in [-0.1, -0.05) is 24.3 Å². The molecule has 2 aliphatic rings. The van der Waals surface area contributed by atoms with Gasteiger partial charge in [0.25, 0.3) is 0 Å². The summed E-state index contributed by atoms with van der Waals surface area (Å²) in [6.45, 7) is 1.77. The first-order valence-corrected chi connectivity index (χ1v) is 5.09. The molecule has 0 aromatic heterocycles. The fourth-order valence-electron chi connectivity index (χ4n) is 2.70. The summed E-state index contributed by atoms with van der Waals surface area (Å²) < 4.78 is 0. The molecule has 3 heteroatoms. The van der Waals surface area contributed by atoms with Gasteiger partial charge in [-0.15, -0.1) is 0 Å². The summed E-state index contributed by atoms with van der Waals surface area (Å²) in [4.78, 5) is 0. The van der Waals surface area contributed by atoms with Crippen LogP contribution in [-0.2, 0) is 12.8 Å². The van der Waals surface area contributed by atoms with Crippen LogP contribution in [0.2, 0.25) is 0 Å². The lowest BCUT2D eigenvalue weighted by molar-refractivity contribution is 0.322. The summed E-state index contributed by atoms with van der Waals surface area (Å²) >= 11 is 0. The summed E-state index contributed by atoms with van der Waals surface area (Å²) in [6, 6.07) is 8.69. The molecule has 0 radical (unpaired) electrons. The van der Waals surface area contributed by atoms with E-state index in [-0.39, 0.29) is 5.54 Å². The minimum Gasteiger partial charge on any atom is -0.296 e. The second-order valence-electron chi connectivity index (χ2n) is 4.48. The highest BCUT2D eigenvalue weighted by Crippen LogP contribution is 2.32. The number of benzene rings is 1. The number of hydrogen-bond acceptors (Lipinski definition) is 3. The average Bonchev–Trinajstić information content (AvgIpc) is 2.69. The van der Waals surface area contributed by atoms with Crippen molar-refractivity contribution in [2.24, 2.45) is 5.84 Å². The molecule has 3 N–H and O–H groups in total. The van der Waals surface area contributed by atoms with Gasteiger partial charge in [-0.05, 0) is 24.0 Å². The number of fused-ring (bicyclic) bond motifs is 1. The molecular weight excluding hydrogens is 174 g/mol. The normalized spacial score (nSPS) is 24.4. The van der Waals surface area contributed by atoms with Gasteiger partial charge < -0.3 is 0 Å². The second kappa shape index (κ2) is 2.79. The lowest BCUT2D eigenvalue weighted by Gasteiger charge is -2.22. The number of nitrogens with two attached hydrogens (primary N) is 1. The van der Waals surface area contributed by atoms with Crippen molar-refractivity contribution in [3.05, 3.63) is 35.4 Å². The van der Waals surface area contributed by atoms with Crippen LogP contribution < -0.4 is 11.2 Å². The maximum atomic E-state index is 5.79. The van der Waals surface area contributed by atoms with E-state index in [9.17, 15) is 0 Å². The van der Waals surface area contributed by atoms with E-state index in [4.69, 9.17) is 5.84 Å². The van der Waals surface area contributed by atoms with Gasteiger partial charge in [0, 0.05) is 12.1 Å². The van der Waals surface area contributed by atoms with Crippen molar-refractivity contribution in [1.29, 1.82) is 0 Å². The van der Waals surface area contributed by atoms with E-state index in [0.29, 0.717) is 0 Å². The molecule has 0 amide bonds. The molecular formula is C11H15N3. The highest BCUT2D eigenvalue weighted by atomic mass is 15.5. The van der Waals surface area contributed by atoms with Gasteiger partial charge in [-0.2, -0.15) is 0 Å². The van der Waals surface area contributed by atoms with Gasteiger partial charge in [0.2, 0.25) is 0 Å². The summed E-state index contributed by atoms with van der Waals surface area (Å²) in [6.07, 6.45) is 2.24. The largest absolute Gasteiger partial charge is 0.296 e. The predicted octanol–water partition coefficient (Wildman–Crippen LogP) is 0.260. The summed E-state index contributed by atoms with van der Waals surface area (Å²) in [7, 11) is 0. The highest BCUT2D eigenvalue weighted by molar-refractivity contribution is 5.37. The van der Waals surface area contributed by atoms with Gasteiger partial charge in [0.05, 0.1) is 6.67 Å². The molecule has 0 bridgehead atoms. The predicted molar refractivity (Wildman–Crippen MR) is 55.5 cm³/mol. The zero-order chi connectivity index (χ0) is 9.60. The van der Waals surface area contributed by atoms with Crippen LogP contribution in [0.4, 0.5) is 0 Å². The number of hydrazine groups is 1. The van der Waals surface area contributed by atoms with Crippen molar-refractivity contribution in [3.63, 3.8) is 0 Å². The van der Waals surface area contributed by atoms with Crippen molar-refractivity contribution in [2.75, 3.05) is 13.2 Å². The summed E-state index contributed by atoms with van der Waals surface area (Å²) in [5.41, 5.74) is 3.18. The highest BCUT2D eigenvalue weighted by Gasteiger charge is 2.41. The Balaban J connectivity index is 1.91. The van der Waals surface area contributed by atoms with Gasteiger partial charge >= 0.3 is 0 Å². The van der Waals surface area contributed by atoms with Crippen LogP contribution in [0.5, 0.6) is 0 Å². The van der Waals surface area contributed by atoms with Crippen LogP contribution in [0.15, 0.2) is 24.3 Å². The standard InChI is InChI=1S/C11H15N3/c12-14-7-11(13-8-14)5-9-3-1-2-4-10(9)6-11/h1-4,13H,5-8,12H2. The molecule has 0 unspecified atom stereocenters. The number of nitrogens with zero attached hydrogens (tertiary/aromatic N) is 1. The zero-order valence-electron chi connectivity index (χ0n) is 8.16. The van der Waals surface area contributed by atoms with Gasteiger partial charge in [-0.3, -0.25) is 11.2 Å². The Labute approximate surface area is 83.9 Å². The molecule has 1 spiro atoms. The lowest BCUT2D eigenvalue weighted by atomic mass is 9.97. The van der Waals surface area contributed by atoms with Crippen molar-refractivity contribution < 1.29 is 0 Å². The number of rotatable bonds is 0. The minimum atomic E-state index is 0.221. The molecule has 74 valence electrons. The van der Waals surface area contributed by atoms with Gasteiger partial charge in [-0.25, -0.2) is 5.01 Å². The van der Waals surface area contributed by atoms with E-state index < -0.39 is 0 Å². The van der Waals surface area contributed by atoms with Crippen LogP contribution in [0.25, 0.3) is 0 Å². The molecule has 1 aromatic rings. The Kier molecular flexibility index (Phi) is 1.68. The third-order valence-corrected chi connectivity index (χ3v) is 3.34. The lowest BCUT2D eigenvalue weighted by Crippen LogP contribution is -2.43. The van der Waals surface area contributed by atoms with Crippen LogP contribution in [-0.4, -0.2) is 23.8 Å². The fourth-order valence-corrected chi connectivity index (χ4v) is 2.70. The van der Waals surface area contributed by atoms with E-state index in [1.165, 1.54) is 11.1 Å².